The summed E-state index contributed by atoms with van der Waals surface area (Å²) >= 11 is 0. The second-order valence-corrected chi connectivity index (χ2v) is 5.73. The van der Waals surface area contributed by atoms with Crippen molar-refractivity contribution < 1.29 is 4.39 Å². The largest absolute Gasteiger partial charge is 0.306 e. The van der Waals surface area contributed by atoms with Gasteiger partial charge >= 0.3 is 0 Å². The van der Waals surface area contributed by atoms with Crippen LogP contribution < -0.4 is 0 Å². The molecule has 1 rings (SSSR count). The van der Waals surface area contributed by atoms with E-state index in [1.54, 1.807) is 6.92 Å². The first-order valence-corrected chi connectivity index (χ1v) is 6.87. The Morgan fingerprint density at radius 1 is 1.25 bits per heavy atom. The first-order valence-electron chi connectivity index (χ1n) is 6.87. The standard InChI is InChI=1S/C14H28FN/c1-5-11(2)10-14(12(3)15)13-6-8-16(4)9-7-13/h11-14H,5-10H2,1-4H3. The van der Waals surface area contributed by atoms with Gasteiger partial charge in [-0.1, -0.05) is 20.3 Å². The molecular weight excluding hydrogens is 201 g/mol. The minimum atomic E-state index is -0.637. The van der Waals surface area contributed by atoms with E-state index >= 15 is 0 Å². The van der Waals surface area contributed by atoms with Gasteiger partial charge in [0.2, 0.25) is 0 Å². The Balaban J connectivity index is 2.49. The second kappa shape index (κ2) is 6.58. The van der Waals surface area contributed by atoms with Crippen molar-refractivity contribution >= 4 is 0 Å². The van der Waals surface area contributed by atoms with Gasteiger partial charge in [-0.2, -0.15) is 0 Å². The van der Waals surface area contributed by atoms with Crippen LogP contribution in [0.25, 0.3) is 0 Å². The molecule has 0 amide bonds. The zero-order chi connectivity index (χ0) is 12.1. The van der Waals surface area contributed by atoms with Crippen molar-refractivity contribution in [3.63, 3.8) is 0 Å². The maximum Gasteiger partial charge on any atom is 0.100 e. The minimum absolute atomic E-state index is 0.295. The van der Waals surface area contributed by atoms with Crippen molar-refractivity contribution in [2.75, 3.05) is 20.1 Å². The molecule has 0 bridgehead atoms. The molecule has 1 aliphatic heterocycles. The van der Waals surface area contributed by atoms with Crippen molar-refractivity contribution in [3.8, 4) is 0 Å². The van der Waals surface area contributed by atoms with Gasteiger partial charge in [-0.05, 0) is 64.1 Å². The Hall–Kier alpha value is -0.110. The predicted octanol–water partition coefficient (Wildman–Crippen LogP) is 3.74. The van der Waals surface area contributed by atoms with Gasteiger partial charge in [-0.3, -0.25) is 0 Å². The molecule has 0 radical (unpaired) electrons. The van der Waals surface area contributed by atoms with E-state index in [1.165, 1.54) is 19.3 Å². The van der Waals surface area contributed by atoms with Gasteiger partial charge in [0.25, 0.3) is 0 Å². The average molecular weight is 229 g/mol. The molecule has 0 N–H and O–H groups in total. The molecule has 1 saturated heterocycles. The molecule has 0 aliphatic carbocycles. The summed E-state index contributed by atoms with van der Waals surface area (Å²) in [6, 6.07) is 0. The summed E-state index contributed by atoms with van der Waals surface area (Å²) in [5, 5.41) is 0. The molecule has 0 aromatic heterocycles. The molecule has 1 aliphatic rings. The van der Waals surface area contributed by atoms with E-state index in [-0.39, 0.29) is 0 Å². The van der Waals surface area contributed by atoms with E-state index in [0.717, 1.165) is 19.5 Å². The van der Waals surface area contributed by atoms with Crippen LogP contribution in [0.2, 0.25) is 0 Å². The van der Waals surface area contributed by atoms with E-state index in [9.17, 15) is 4.39 Å². The fourth-order valence-corrected chi connectivity index (χ4v) is 2.84. The smallest absolute Gasteiger partial charge is 0.100 e. The monoisotopic (exact) mass is 229 g/mol. The maximum atomic E-state index is 13.7. The fourth-order valence-electron chi connectivity index (χ4n) is 2.84. The van der Waals surface area contributed by atoms with Crippen LogP contribution in [0.15, 0.2) is 0 Å². The summed E-state index contributed by atoms with van der Waals surface area (Å²) in [5.74, 6) is 1.58. The lowest BCUT2D eigenvalue weighted by Gasteiger charge is -2.36. The van der Waals surface area contributed by atoms with Crippen LogP contribution in [0.1, 0.15) is 46.5 Å². The molecule has 3 atom stereocenters. The third kappa shape index (κ3) is 4.04. The van der Waals surface area contributed by atoms with Crippen molar-refractivity contribution in [2.45, 2.75) is 52.6 Å². The van der Waals surface area contributed by atoms with Gasteiger partial charge in [-0.25, -0.2) is 4.39 Å². The minimum Gasteiger partial charge on any atom is -0.306 e. The van der Waals surface area contributed by atoms with Crippen LogP contribution >= 0.6 is 0 Å². The van der Waals surface area contributed by atoms with E-state index in [1.807, 2.05) is 0 Å². The lowest BCUT2D eigenvalue weighted by atomic mass is 9.77. The summed E-state index contributed by atoms with van der Waals surface area (Å²) < 4.78 is 13.7. The van der Waals surface area contributed by atoms with Crippen LogP contribution in [0, 0.1) is 17.8 Å². The lowest BCUT2D eigenvalue weighted by molar-refractivity contribution is 0.0966. The number of likely N-dealkylation sites (tertiary alicyclic amines) is 1. The van der Waals surface area contributed by atoms with Gasteiger partial charge in [0, 0.05) is 0 Å². The highest BCUT2D eigenvalue weighted by Crippen LogP contribution is 2.33. The first-order chi connectivity index (χ1) is 7.54. The number of hydrogen-bond acceptors (Lipinski definition) is 1. The first kappa shape index (κ1) is 14.0. The highest BCUT2D eigenvalue weighted by Gasteiger charge is 2.30. The average Bonchev–Trinajstić information content (AvgIpc) is 2.26. The lowest BCUT2D eigenvalue weighted by Crippen LogP contribution is -2.36. The fraction of sp³-hybridized carbons (Fsp3) is 1.00. The third-order valence-corrected chi connectivity index (χ3v) is 4.33. The number of rotatable bonds is 5. The van der Waals surface area contributed by atoms with E-state index < -0.39 is 6.17 Å². The van der Waals surface area contributed by atoms with Gasteiger partial charge in [0.15, 0.2) is 0 Å². The van der Waals surface area contributed by atoms with Crippen LogP contribution in [-0.4, -0.2) is 31.2 Å². The Kier molecular flexibility index (Phi) is 5.74. The number of hydrogen-bond donors (Lipinski definition) is 0. The zero-order valence-corrected chi connectivity index (χ0v) is 11.4. The highest BCUT2D eigenvalue weighted by molar-refractivity contribution is 4.80. The Morgan fingerprint density at radius 2 is 1.81 bits per heavy atom. The molecule has 0 spiro atoms. The molecule has 3 unspecified atom stereocenters. The van der Waals surface area contributed by atoms with Crippen molar-refractivity contribution in [1.82, 2.24) is 4.90 Å². The molecule has 96 valence electrons. The van der Waals surface area contributed by atoms with Gasteiger partial charge in [0.05, 0.1) is 0 Å². The normalized spacial score (nSPS) is 25.3. The number of alkyl halides is 1. The summed E-state index contributed by atoms with van der Waals surface area (Å²) in [4.78, 5) is 2.36. The van der Waals surface area contributed by atoms with Gasteiger partial charge < -0.3 is 4.90 Å². The summed E-state index contributed by atoms with van der Waals surface area (Å²) in [6.07, 6.45) is 3.98. The number of nitrogens with zero attached hydrogens (tertiary/aromatic N) is 1. The van der Waals surface area contributed by atoms with Crippen molar-refractivity contribution in [2.24, 2.45) is 17.8 Å². The molecular formula is C14H28FN. The maximum absolute atomic E-state index is 13.7. The van der Waals surface area contributed by atoms with Crippen LogP contribution in [-0.2, 0) is 0 Å². The third-order valence-electron chi connectivity index (χ3n) is 4.33. The Morgan fingerprint density at radius 3 is 2.25 bits per heavy atom. The summed E-state index contributed by atoms with van der Waals surface area (Å²) in [6.45, 7) is 8.51. The van der Waals surface area contributed by atoms with Gasteiger partial charge in [-0.15, -0.1) is 0 Å². The van der Waals surface area contributed by atoms with Gasteiger partial charge in [0.1, 0.15) is 6.17 Å². The molecule has 1 nitrogen and oxygen atoms in total. The van der Waals surface area contributed by atoms with Crippen molar-refractivity contribution in [1.29, 1.82) is 0 Å². The molecule has 0 aromatic rings. The van der Waals surface area contributed by atoms with Crippen LogP contribution in [0.5, 0.6) is 0 Å². The van der Waals surface area contributed by atoms with Crippen LogP contribution in [0.3, 0.4) is 0 Å². The molecule has 1 heterocycles. The quantitative estimate of drug-likeness (QED) is 0.694. The van der Waals surface area contributed by atoms with Crippen molar-refractivity contribution in [3.05, 3.63) is 0 Å². The summed E-state index contributed by atoms with van der Waals surface area (Å²) in [7, 11) is 2.17. The molecule has 2 heteroatoms. The predicted molar refractivity (Wildman–Crippen MR) is 68.4 cm³/mol. The van der Waals surface area contributed by atoms with E-state index in [4.69, 9.17) is 0 Å². The number of halogens is 1. The SMILES string of the molecule is CCC(C)CC(C(C)F)C1CCN(C)CC1. The summed E-state index contributed by atoms with van der Waals surface area (Å²) in [5.41, 5.74) is 0. The molecule has 0 aromatic carbocycles. The van der Waals surface area contributed by atoms with Crippen LogP contribution in [0.4, 0.5) is 4.39 Å². The van der Waals surface area contributed by atoms with E-state index in [2.05, 4.69) is 25.8 Å². The highest BCUT2D eigenvalue weighted by atomic mass is 19.1. The van der Waals surface area contributed by atoms with E-state index in [0.29, 0.717) is 17.8 Å². The second-order valence-electron chi connectivity index (χ2n) is 5.73. The Bertz CT molecular complexity index is 185. The Labute approximate surface area is 100 Å². The molecule has 16 heavy (non-hydrogen) atoms. The topological polar surface area (TPSA) is 3.24 Å². The molecule has 1 fully saturated rings. The molecule has 0 saturated carbocycles. The zero-order valence-electron chi connectivity index (χ0n) is 11.4. The number of piperidine rings is 1.